The SMILES string of the molecule is O=C(O)CCc1csc(NCCC(=O)N2CCCCC2)n1. The molecule has 1 aromatic heterocycles. The fourth-order valence-electron chi connectivity index (χ4n) is 2.32. The molecule has 1 amide bonds. The maximum atomic E-state index is 12.0. The van der Waals surface area contributed by atoms with Crippen molar-refractivity contribution in [1.82, 2.24) is 9.88 Å². The molecule has 7 heteroatoms. The van der Waals surface area contributed by atoms with Crippen LogP contribution in [0.3, 0.4) is 0 Å². The third kappa shape index (κ3) is 5.34. The predicted molar refractivity (Wildman–Crippen MR) is 81.6 cm³/mol. The zero-order valence-corrected chi connectivity index (χ0v) is 12.8. The van der Waals surface area contributed by atoms with E-state index in [2.05, 4.69) is 10.3 Å². The number of rotatable bonds is 7. The van der Waals surface area contributed by atoms with Crippen molar-refractivity contribution in [3.63, 3.8) is 0 Å². The van der Waals surface area contributed by atoms with Gasteiger partial charge in [0, 0.05) is 37.9 Å². The number of nitrogens with one attached hydrogen (secondary N) is 1. The van der Waals surface area contributed by atoms with Crippen molar-refractivity contribution in [1.29, 1.82) is 0 Å². The van der Waals surface area contributed by atoms with Crippen molar-refractivity contribution < 1.29 is 14.7 Å². The van der Waals surface area contributed by atoms with E-state index in [1.54, 1.807) is 0 Å². The number of aromatic nitrogens is 1. The molecule has 2 heterocycles. The van der Waals surface area contributed by atoms with E-state index in [4.69, 9.17) is 5.11 Å². The molecule has 0 saturated carbocycles. The average molecular weight is 311 g/mol. The fraction of sp³-hybridized carbons (Fsp3) is 0.643. The Bertz CT molecular complexity index is 484. The summed E-state index contributed by atoms with van der Waals surface area (Å²) < 4.78 is 0. The predicted octanol–water partition coefficient (Wildman–Crippen LogP) is 1.97. The lowest BCUT2D eigenvalue weighted by Crippen LogP contribution is -2.36. The van der Waals surface area contributed by atoms with Gasteiger partial charge in [-0.3, -0.25) is 9.59 Å². The van der Waals surface area contributed by atoms with Crippen LogP contribution in [0.1, 0.15) is 37.8 Å². The number of anilines is 1. The first-order chi connectivity index (χ1) is 10.1. The van der Waals surface area contributed by atoms with Crippen LogP contribution < -0.4 is 5.32 Å². The summed E-state index contributed by atoms with van der Waals surface area (Å²) in [5.41, 5.74) is 0.784. The van der Waals surface area contributed by atoms with Crippen molar-refractivity contribution >= 4 is 28.3 Å². The second-order valence-corrected chi connectivity index (χ2v) is 6.01. The first-order valence-corrected chi connectivity index (χ1v) is 8.21. The molecule has 0 unspecified atom stereocenters. The molecule has 21 heavy (non-hydrogen) atoms. The van der Waals surface area contributed by atoms with Crippen molar-refractivity contribution in [3.8, 4) is 0 Å². The minimum absolute atomic E-state index is 0.0939. The number of piperidine rings is 1. The minimum atomic E-state index is -0.815. The Labute approximate surface area is 128 Å². The summed E-state index contributed by atoms with van der Waals surface area (Å²) in [5, 5.41) is 14.4. The Morgan fingerprint density at radius 2 is 2.05 bits per heavy atom. The highest BCUT2D eigenvalue weighted by Crippen LogP contribution is 2.17. The van der Waals surface area contributed by atoms with Gasteiger partial charge in [-0.1, -0.05) is 0 Å². The molecule has 1 aliphatic rings. The largest absolute Gasteiger partial charge is 0.481 e. The maximum Gasteiger partial charge on any atom is 0.303 e. The number of aliphatic carboxylic acids is 1. The molecule has 1 aromatic rings. The average Bonchev–Trinajstić information content (AvgIpc) is 2.94. The molecule has 2 rings (SSSR count). The Morgan fingerprint density at radius 1 is 1.29 bits per heavy atom. The Kier molecular flexibility index (Phi) is 5.98. The lowest BCUT2D eigenvalue weighted by Gasteiger charge is -2.26. The smallest absolute Gasteiger partial charge is 0.303 e. The topological polar surface area (TPSA) is 82.5 Å². The van der Waals surface area contributed by atoms with Gasteiger partial charge in [0.05, 0.1) is 12.1 Å². The molecule has 116 valence electrons. The van der Waals surface area contributed by atoms with E-state index >= 15 is 0 Å². The van der Waals surface area contributed by atoms with Crippen LogP contribution in [0.15, 0.2) is 5.38 Å². The van der Waals surface area contributed by atoms with E-state index in [9.17, 15) is 9.59 Å². The van der Waals surface area contributed by atoms with E-state index in [1.807, 2.05) is 10.3 Å². The van der Waals surface area contributed by atoms with Crippen LogP contribution in [0.5, 0.6) is 0 Å². The monoisotopic (exact) mass is 311 g/mol. The Morgan fingerprint density at radius 3 is 2.76 bits per heavy atom. The number of aryl methyl sites for hydroxylation is 1. The number of carbonyl (C=O) groups is 2. The number of amides is 1. The summed E-state index contributed by atoms with van der Waals surface area (Å²) in [4.78, 5) is 28.7. The molecule has 1 aliphatic heterocycles. The number of carboxylic acid groups (broad SMARTS) is 1. The Hall–Kier alpha value is -1.63. The van der Waals surface area contributed by atoms with Gasteiger partial charge in [-0.2, -0.15) is 0 Å². The highest BCUT2D eigenvalue weighted by Gasteiger charge is 2.15. The number of nitrogens with zero attached hydrogens (tertiary/aromatic N) is 2. The van der Waals surface area contributed by atoms with Crippen molar-refractivity contribution in [2.24, 2.45) is 0 Å². The molecule has 2 N–H and O–H groups in total. The number of thiazole rings is 1. The Balaban J connectivity index is 1.68. The van der Waals surface area contributed by atoms with Crippen molar-refractivity contribution in [2.75, 3.05) is 25.0 Å². The van der Waals surface area contributed by atoms with Gasteiger partial charge in [-0.25, -0.2) is 4.98 Å². The van der Waals surface area contributed by atoms with Gasteiger partial charge in [0.15, 0.2) is 5.13 Å². The normalized spacial score (nSPS) is 15.0. The quantitative estimate of drug-likeness (QED) is 0.804. The van der Waals surface area contributed by atoms with Crippen LogP contribution in [0.2, 0.25) is 0 Å². The second-order valence-electron chi connectivity index (χ2n) is 5.16. The highest BCUT2D eigenvalue weighted by molar-refractivity contribution is 7.13. The van der Waals surface area contributed by atoms with E-state index in [1.165, 1.54) is 17.8 Å². The molecule has 0 spiro atoms. The second kappa shape index (κ2) is 7.97. The van der Waals surface area contributed by atoms with Gasteiger partial charge in [0.25, 0.3) is 0 Å². The van der Waals surface area contributed by atoms with Crippen LogP contribution in [-0.4, -0.2) is 46.5 Å². The highest BCUT2D eigenvalue weighted by atomic mass is 32.1. The summed E-state index contributed by atoms with van der Waals surface area (Å²) in [6.45, 7) is 2.34. The summed E-state index contributed by atoms with van der Waals surface area (Å²) in [6, 6.07) is 0. The number of carbonyl (C=O) groups excluding carboxylic acids is 1. The third-order valence-corrected chi connectivity index (χ3v) is 4.32. The molecule has 6 nitrogen and oxygen atoms in total. The first-order valence-electron chi connectivity index (χ1n) is 7.33. The zero-order chi connectivity index (χ0) is 15.1. The molecule has 0 aliphatic carbocycles. The summed E-state index contributed by atoms with van der Waals surface area (Å²) in [7, 11) is 0. The van der Waals surface area contributed by atoms with E-state index in [0.717, 1.165) is 36.8 Å². The molecule has 0 radical (unpaired) electrons. The lowest BCUT2D eigenvalue weighted by molar-refractivity contribution is -0.137. The third-order valence-electron chi connectivity index (χ3n) is 3.47. The van der Waals surface area contributed by atoms with Gasteiger partial charge in [0.1, 0.15) is 0 Å². The van der Waals surface area contributed by atoms with Crippen molar-refractivity contribution in [3.05, 3.63) is 11.1 Å². The van der Waals surface area contributed by atoms with Crippen LogP contribution in [0.4, 0.5) is 5.13 Å². The molecule has 0 atom stereocenters. The molecular weight excluding hydrogens is 290 g/mol. The minimum Gasteiger partial charge on any atom is -0.481 e. The first kappa shape index (κ1) is 15.8. The summed E-state index contributed by atoms with van der Waals surface area (Å²) in [5.74, 6) is -0.616. The zero-order valence-electron chi connectivity index (χ0n) is 12.0. The van der Waals surface area contributed by atoms with Crippen LogP contribution in [0.25, 0.3) is 0 Å². The maximum absolute atomic E-state index is 12.0. The van der Waals surface area contributed by atoms with Gasteiger partial charge >= 0.3 is 5.97 Å². The van der Waals surface area contributed by atoms with Crippen molar-refractivity contribution in [2.45, 2.75) is 38.5 Å². The van der Waals surface area contributed by atoms with Gasteiger partial charge in [0.2, 0.25) is 5.91 Å². The summed E-state index contributed by atoms with van der Waals surface area (Å²) in [6.07, 6.45) is 4.46. The fourth-order valence-corrected chi connectivity index (χ4v) is 3.09. The molecule has 0 aromatic carbocycles. The van der Waals surface area contributed by atoms with E-state index in [0.29, 0.717) is 19.4 Å². The number of hydrogen-bond acceptors (Lipinski definition) is 5. The molecular formula is C14H21N3O3S. The van der Waals surface area contributed by atoms with Crippen LogP contribution in [-0.2, 0) is 16.0 Å². The standard InChI is InChI=1S/C14H21N3O3S/c18-12(17-8-2-1-3-9-17)6-7-15-14-16-11(10-21-14)4-5-13(19)20/h10H,1-9H2,(H,15,16)(H,19,20). The van der Waals surface area contributed by atoms with Crippen LogP contribution >= 0.6 is 11.3 Å². The molecule has 0 bridgehead atoms. The number of carboxylic acids is 1. The summed E-state index contributed by atoms with van der Waals surface area (Å²) >= 11 is 1.45. The van der Waals surface area contributed by atoms with Crippen LogP contribution in [0, 0.1) is 0 Å². The van der Waals surface area contributed by atoms with E-state index in [-0.39, 0.29) is 12.3 Å². The van der Waals surface area contributed by atoms with Gasteiger partial charge in [-0.05, 0) is 19.3 Å². The molecule has 1 fully saturated rings. The van der Waals surface area contributed by atoms with Gasteiger partial charge in [-0.15, -0.1) is 11.3 Å². The number of likely N-dealkylation sites (tertiary alicyclic amines) is 1. The van der Waals surface area contributed by atoms with Gasteiger partial charge < -0.3 is 15.3 Å². The lowest BCUT2D eigenvalue weighted by atomic mass is 10.1. The number of hydrogen-bond donors (Lipinski definition) is 2. The van der Waals surface area contributed by atoms with E-state index < -0.39 is 5.97 Å². The molecule has 1 saturated heterocycles.